The van der Waals surface area contributed by atoms with Crippen molar-refractivity contribution in [3.05, 3.63) is 42.5 Å². The van der Waals surface area contributed by atoms with Gasteiger partial charge in [0, 0.05) is 16.6 Å². The van der Waals surface area contributed by atoms with Gasteiger partial charge in [-0.25, -0.2) is 0 Å². The predicted molar refractivity (Wildman–Crippen MR) is 105 cm³/mol. The fourth-order valence-corrected chi connectivity index (χ4v) is 3.15. The molecule has 1 aliphatic heterocycles. The van der Waals surface area contributed by atoms with Crippen LogP contribution in [0.1, 0.15) is 6.92 Å². The van der Waals surface area contributed by atoms with Gasteiger partial charge in [0.25, 0.3) is 5.91 Å². The smallest absolute Gasteiger partial charge is 0.317 e. The van der Waals surface area contributed by atoms with Gasteiger partial charge in [0.1, 0.15) is 19.0 Å². The van der Waals surface area contributed by atoms with E-state index < -0.39 is 18.0 Å². The highest BCUT2D eigenvalue weighted by molar-refractivity contribution is 8.00. The number of amides is 1. The van der Waals surface area contributed by atoms with Gasteiger partial charge in [-0.3, -0.25) is 9.59 Å². The molecule has 1 aliphatic rings. The molecule has 148 valence electrons. The average molecular weight is 403 g/mol. The second-order valence-electron chi connectivity index (χ2n) is 5.94. The molecule has 8 heteroatoms. The predicted octanol–water partition coefficient (Wildman–Crippen LogP) is 3.13. The molecule has 2 aromatic carbocycles. The lowest BCUT2D eigenvalue weighted by Gasteiger charge is -2.19. The second kappa shape index (κ2) is 9.36. The Kier molecular flexibility index (Phi) is 6.65. The van der Waals surface area contributed by atoms with Crippen LogP contribution in [0.15, 0.2) is 47.4 Å². The van der Waals surface area contributed by atoms with E-state index in [9.17, 15) is 9.59 Å². The van der Waals surface area contributed by atoms with Crippen molar-refractivity contribution in [2.75, 3.05) is 31.4 Å². The lowest BCUT2D eigenvalue weighted by Crippen LogP contribution is -2.30. The highest BCUT2D eigenvalue weighted by atomic mass is 32.2. The Morgan fingerprint density at radius 2 is 1.82 bits per heavy atom. The summed E-state index contributed by atoms with van der Waals surface area (Å²) in [5.74, 6) is 1.18. The minimum absolute atomic E-state index is 0.105. The van der Waals surface area contributed by atoms with E-state index >= 15 is 0 Å². The van der Waals surface area contributed by atoms with Crippen LogP contribution in [0.4, 0.5) is 5.69 Å². The van der Waals surface area contributed by atoms with Gasteiger partial charge in [-0.15, -0.1) is 11.8 Å². The lowest BCUT2D eigenvalue weighted by molar-refractivity contribution is -0.150. The summed E-state index contributed by atoms with van der Waals surface area (Å²) in [7, 11) is 1.59. The van der Waals surface area contributed by atoms with Crippen molar-refractivity contribution >= 4 is 29.3 Å². The SMILES string of the molecule is COc1ccc(SCC(=O)O[C@@H](C)C(=O)Nc2ccc3c(c2)OCCO3)cc1. The van der Waals surface area contributed by atoms with Crippen LogP contribution in [0.5, 0.6) is 17.2 Å². The average Bonchev–Trinajstić information content (AvgIpc) is 2.72. The largest absolute Gasteiger partial charge is 0.497 e. The summed E-state index contributed by atoms with van der Waals surface area (Å²) < 4.78 is 21.2. The van der Waals surface area contributed by atoms with Crippen LogP contribution in [0.2, 0.25) is 0 Å². The number of fused-ring (bicyclic) bond motifs is 1. The van der Waals surface area contributed by atoms with Crippen molar-refractivity contribution in [2.45, 2.75) is 17.9 Å². The third-order valence-corrected chi connectivity index (χ3v) is 4.89. The third-order valence-electron chi connectivity index (χ3n) is 3.90. The number of anilines is 1. The highest BCUT2D eigenvalue weighted by Crippen LogP contribution is 2.32. The molecule has 1 heterocycles. The van der Waals surface area contributed by atoms with Crippen molar-refractivity contribution in [3.8, 4) is 17.2 Å². The van der Waals surface area contributed by atoms with Gasteiger partial charge in [0.15, 0.2) is 17.6 Å². The molecule has 2 aromatic rings. The Hall–Kier alpha value is -2.87. The number of hydrogen-bond acceptors (Lipinski definition) is 7. The summed E-state index contributed by atoms with van der Waals surface area (Å²) in [6.45, 7) is 2.49. The zero-order chi connectivity index (χ0) is 19.9. The maximum absolute atomic E-state index is 12.3. The second-order valence-corrected chi connectivity index (χ2v) is 6.99. The molecule has 0 unspecified atom stereocenters. The van der Waals surface area contributed by atoms with Gasteiger partial charge >= 0.3 is 5.97 Å². The third kappa shape index (κ3) is 5.32. The van der Waals surface area contributed by atoms with E-state index in [0.717, 1.165) is 10.6 Å². The number of nitrogens with one attached hydrogen (secondary N) is 1. The normalized spacial score (nSPS) is 13.4. The van der Waals surface area contributed by atoms with E-state index in [1.165, 1.54) is 18.7 Å². The van der Waals surface area contributed by atoms with Crippen LogP contribution in [0.25, 0.3) is 0 Å². The first kappa shape index (κ1) is 19.9. The number of thioether (sulfide) groups is 1. The van der Waals surface area contributed by atoms with Crippen molar-refractivity contribution in [2.24, 2.45) is 0 Å². The number of esters is 1. The van der Waals surface area contributed by atoms with E-state index in [1.54, 1.807) is 25.3 Å². The lowest BCUT2D eigenvalue weighted by atomic mass is 10.2. The molecule has 1 amide bonds. The molecule has 0 radical (unpaired) electrons. The van der Waals surface area contributed by atoms with Crippen LogP contribution in [-0.2, 0) is 14.3 Å². The zero-order valence-electron chi connectivity index (χ0n) is 15.6. The van der Waals surface area contributed by atoms with Gasteiger partial charge in [0.2, 0.25) is 0 Å². The molecule has 0 saturated heterocycles. The molecule has 3 rings (SSSR count). The Bertz CT molecular complexity index is 839. The number of carbonyl (C=O) groups excluding carboxylic acids is 2. The summed E-state index contributed by atoms with van der Waals surface area (Å²) in [6, 6.07) is 12.5. The topological polar surface area (TPSA) is 83.1 Å². The van der Waals surface area contributed by atoms with Gasteiger partial charge in [0.05, 0.1) is 12.9 Å². The number of hydrogen-bond donors (Lipinski definition) is 1. The minimum atomic E-state index is -0.919. The Labute approximate surface area is 167 Å². The van der Waals surface area contributed by atoms with Gasteiger partial charge in [-0.05, 0) is 43.3 Å². The molecule has 0 spiro atoms. The molecule has 1 atom stereocenters. The van der Waals surface area contributed by atoms with Gasteiger partial charge < -0.3 is 24.3 Å². The van der Waals surface area contributed by atoms with Crippen LogP contribution < -0.4 is 19.5 Å². The Morgan fingerprint density at radius 1 is 1.11 bits per heavy atom. The molecule has 0 bridgehead atoms. The summed E-state index contributed by atoms with van der Waals surface area (Å²) in [4.78, 5) is 25.2. The summed E-state index contributed by atoms with van der Waals surface area (Å²) in [6.07, 6.45) is -0.919. The fraction of sp³-hybridized carbons (Fsp3) is 0.300. The molecule has 1 N–H and O–H groups in total. The Balaban J connectivity index is 1.47. The molecule has 0 saturated carbocycles. The number of benzene rings is 2. The van der Waals surface area contributed by atoms with Crippen LogP contribution in [0.3, 0.4) is 0 Å². The monoisotopic (exact) mass is 403 g/mol. The summed E-state index contributed by atoms with van der Waals surface area (Å²) in [5, 5.41) is 2.71. The van der Waals surface area contributed by atoms with Crippen molar-refractivity contribution < 1.29 is 28.5 Å². The van der Waals surface area contributed by atoms with E-state index in [1.807, 2.05) is 24.3 Å². The fourth-order valence-electron chi connectivity index (χ4n) is 2.46. The van der Waals surface area contributed by atoms with Crippen molar-refractivity contribution in [1.82, 2.24) is 0 Å². The first-order chi connectivity index (χ1) is 13.5. The standard InChI is InChI=1S/C20H21NO6S/c1-13(27-19(22)12-28-16-6-4-15(24-2)5-7-16)20(23)21-14-3-8-17-18(11-14)26-10-9-25-17/h3-8,11,13H,9-10,12H2,1-2H3,(H,21,23)/t13-/m0/s1. The highest BCUT2D eigenvalue weighted by Gasteiger charge is 2.19. The van der Waals surface area contributed by atoms with Gasteiger partial charge in [-0.2, -0.15) is 0 Å². The number of ether oxygens (including phenoxy) is 4. The quantitative estimate of drug-likeness (QED) is 0.562. The number of carbonyl (C=O) groups is 2. The summed E-state index contributed by atoms with van der Waals surface area (Å²) >= 11 is 1.33. The van der Waals surface area contributed by atoms with Crippen LogP contribution >= 0.6 is 11.8 Å². The van der Waals surface area contributed by atoms with Crippen LogP contribution in [-0.4, -0.2) is 44.1 Å². The molecular weight excluding hydrogens is 382 g/mol. The molecule has 0 aromatic heterocycles. The molecule has 28 heavy (non-hydrogen) atoms. The first-order valence-corrected chi connectivity index (χ1v) is 9.70. The maximum atomic E-state index is 12.3. The van der Waals surface area contributed by atoms with Gasteiger partial charge in [-0.1, -0.05) is 0 Å². The number of rotatable bonds is 7. The summed E-state index contributed by atoms with van der Waals surface area (Å²) in [5.41, 5.74) is 0.546. The van der Waals surface area contributed by atoms with E-state index in [4.69, 9.17) is 18.9 Å². The minimum Gasteiger partial charge on any atom is -0.497 e. The van der Waals surface area contributed by atoms with Crippen LogP contribution in [0, 0.1) is 0 Å². The first-order valence-electron chi connectivity index (χ1n) is 8.72. The molecule has 7 nitrogen and oxygen atoms in total. The number of methoxy groups -OCH3 is 1. The van der Waals surface area contributed by atoms with E-state index in [2.05, 4.69) is 5.32 Å². The van der Waals surface area contributed by atoms with Crippen molar-refractivity contribution in [3.63, 3.8) is 0 Å². The van der Waals surface area contributed by atoms with Crippen molar-refractivity contribution in [1.29, 1.82) is 0 Å². The maximum Gasteiger partial charge on any atom is 0.317 e. The molecule has 0 fully saturated rings. The van der Waals surface area contributed by atoms with E-state index in [0.29, 0.717) is 30.4 Å². The molecular formula is C20H21NO6S. The van der Waals surface area contributed by atoms with E-state index in [-0.39, 0.29) is 5.75 Å². The zero-order valence-corrected chi connectivity index (χ0v) is 16.4. The Morgan fingerprint density at radius 3 is 2.54 bits per heavy atom. The molecule has 0 aliphatic carbocycles.